The predicted octanol–water partition coefficient (Wildman–Crippen LogP) is 0.966. The first-order chi connectivity index (χ1) is 9.69. The van der Waals surface area contributed by atoms with Gasteiger partial charge in [0.2, 0.25) is 0 Å². The zero-order valence-corrected chi connectivity index (χ0v) is 12.0. The van der Waals surface area contributed by atoms with Gasteiger partial charge in [-0.25, -0.2) is 13.6 Å². The fourth-order valence-corrected chi connectivity index (χ4v) is 1.58. The Labute approximate surface area is 119 Å². The minimum Gasteiger partial charge on any atom is -0.468 e. The molecule has 21 heavy (non-hydrogen) atoms. The monoisotopic (exact) mass is 305 g/mol. The maximum Gasteiger partial charge on any atom is 0.441 e. The van der Waals surface area contributed by atoms with Crippen LogP contribution in [0.25, 0.3) is 0 Å². The van der Waals surface area contributed by atoms with E-state index in [2.05, 4.69) is 14.4 Å². The van der Waals surface area contributed by atoms with Crippen molar-refractivity contribution in [3.63, 3.8) is 0 Å². The summed E-state index contributed by atoms with van der Waals surface area (Å²) in [6, 6.07) is 0. The number of allylic oxidation sites excluding steroid dienone is 2. The molecule has 0 spiro atoms. The van der Waals surface area contributed by atoms with Crippen LogP contribution in [0.3, 0.4) is 0 Å². The lowest BCUT2D eigenvalue weighted by atomic mass is 9.97. The largest absolute Gasteiger partial charge is 0.468 e. The van der Waals surface area contributed by atoms with Crippen LogP contribution in [0.15, 0.2) is 21.0 Å². The van der Waals surface area contributed by atoms with Gasteiger partial charge < -0.3 is 10.5 Å². The Hall–Kier alpha value is -2.03. The zero-order valence-electron chi connectivity index (χ0n) is 12.0. The second kappa shape index (κ2) is 6.61. The van der Waals surface area contributed by atoms with E-state index >= 15 is 0 Å². The highest BCUT2D eigenvalue weighted by Crippen LogP contribution is 2.20. The van der Waals surface area contributed by atoms with Crippen molar-refractivity contribution in [2.24, 2.45) is 5.73 Å². The molecular weight excluding hydrogens is 288 g/mol. The van der Waals surface area contributed by atoms with Gasteiger partial charge in [-0.3, -0.25) is 13.9 Å². The second-order valence-corrected chi connectivity index (χ2v) is 4.80. The molecule has 0 aliphatic heterocycles. The molecule has 1 atom stereocenters. The van der Waals surface area contributed by atoms with E-state index in [4.69, 9.17) is 5.73 Å². The van der Waals surface area contributed by atoms with Crippen LogP contribution < -0.4 is 11.5 Å². The molecule has 0 aliphatic carbocycles. The number of ether oxygens (including phenoxy) is 1. The predicted molar refractivity (Wildman–Crippen MR) is 68.6 cm³/mol. The summed E-state index contributed by atoms with van der Waals surface area (Å²) in [6.07, 6.45) is -0.538. The first kappa shape index (κ1) is 17.0. The Bertz CT molecular complexity index is 604. The lowest BCUT2D eigenvalue weighted by Gasteiger charge is -2.20. The molecule has 1 aromatic rings. The Morgan fingerprint density at radius 2 is 2.10 bits per heavy atom. The quantitative estimate of drug-likeness (QED) is 0.786. The van der Waals surface area contributed by atoms with E-state index in [0.717, 1.165) is 11.7 Å². The number of carbonyl (C=O) groups excluding carboxylic acids is 1. The van der Waals surface area contributed by atoms with Crippen molar-refractivity contribution in [2.75, 3.05) is 7.11 Å². The highest BCUT2D eigenvalue weighted by atomic mass is 19.2. The number of nitrogens with two attached hydrogens (primary N) is 1. The maximum absolute atomic E-state index is 13.7. The molecule has 118 valence electrons. The second-order valence-electron chi connectivity index (χ2n) is 4.80. The summed E-state index contributed by atoms with van der Waals surface area (Å²) in [5.41, 5.74) is 4.22. The Balaban J connectivity index is 2.75. The Morgan fingerprint density at radius 3 is 2.57 bits per heavy atom. The summed E-state index contributed by atoms with van der Waals surface area (Å²) in [6.45, 7) is 2.16. The fourth-order valence-electron chi connectivity index (χ4n) is 1.58. The Kier molecular flexibility index (Phi) is 5.36. The van der Waals surface area contributed by atoms with E-state index in [1.54, 1.807) is 0 Å². The molecule has 0 unspecified atom stereocenters. The number of rotatable bonds is 6. The smallest absolute Gasteiger partial charge is 0.441 e. The summed E-state index contributed by atoms with van der Waals surface area (Å²) in [4.78, 5) is 22.5. The zero-order chi connectivity index (χ0) is 16.2. The van der Waals surface area contributed by atoms with Crippen molar-refractivity contribution in [3.8, 4) is 0 Å². The normalized spacial score (nSPS) is 15.3. The van der Waals surface area contributed by atoms with Gasteiger partial charge in [-0.1, -0.05) is 5.16 Å². The van der Waals surface area contributed by atoms with Gasteiger partial charge in [-0.15, -0.1) is 0 Å². The molecule has 0 bridgehead atoms. The molecule has 7 nitrogen and oxygen atoms in total. The molecule has 0 fully saturated rings. The van der Waals surface area contributed by atoms with Crippen molar-refractivity contribution in [1.82, 2.24) is 9.72 Å². The van der Waals surface area contributed by atoms with E-state index in [0.29, 0.717) is 0 Å². The molecule has 0 saturated heterocycles. The number of carbonyl (C=O) groups is 1. The van der Waals surface area contributed by atoms with Crippen molar-refractivity contribution >= 4 is 5.97 Å². The van der Waals surface area contributed by atoms with E-state index in [-0.39, 0.29) is 12.2 Å². The number of aromatic nitrogens is 2. The van der Waals surface area contributed by atoms with Crippen LogP contribution in [0.4, 0.5) is 8.78 Å². The van der Waals surface area contributed by atoms with Crippen LogP contribution in [0.5, 0.6) is 0 Å². The molecule has 0 aromatic carbocycles. The average Bonchev–Trinajstić information content (AvgIpc) is 2.75. The van der Waals surface area contributed by atoms with Gasteiger partial charge in [-0.2, -0.15) is 0 Å². The molecule has 0 radical (unpaired) electrons. The number of aryl methyl sites for hydroxylation is 1. The molecule has 1 heterocycles. The van der Waals surface area contributed by atoms with E-state index < -0.39 is 41.9 Å². The van der Waals surface area contributed by atoms with Gasteiger partial charge >= 0.3 is 11.7 Å². The van der Waals surface area contributed by atoms with Gasteiger partial charge in [-0.05, 0) is 20.3 Å². The molecule has 1 rings (SSSR count). The fraction of sp³-hybridized carbons (Fsp3) is 0.583. The van der Waals surface area contributed by atoms with Crippen LogP contribution >= 0.6 is 0 Å². The number of halogens is 2. The lowest BCUT2D eigenvalue weighted by molar-refractivity contribution is -0.146. The summed E-state index contributed by atoms with van der Waals surface area (Å²) < 4.78 is 37.0. The highest BCUT2D eigenvalue weighted by molar-refractivity contribution is 5.79. The minimum absolute atomic E-state index is 0.126. The van der Waals surface area contributed by atoms with Crippen LogP contribution in [-0.2, 0) is 16.1 Å². The van der Waals surface area contributed by atoms with Gasteiger partial charge in [0.25, 0.3) is 0 Å². The molecular formula is C12H17F2N3O4. The number of nitrogens with zero attached hydrogens (tertiary/aromatic N) is 2. The van der Waals surface area contributed by atoms with Crippen molar-refractivity contribution in [3.05, 3.63) is 28.0 Å². The maximum atomic E-state index is 13.7. The lowest BCUT2D eigenvalue weighted by Crippen LogP contribution is -2.45. The summed E-state index contributed by atoms with van der Waals surface area (Å²) in [7, 11) is 1.15. The SMILES string of the molecule is COC(=O)[C@](C)(N)CCC(F)=C(F)Cn1c(C)noc1=O. The van der Waals surface area contributed by atoms with E-state index in [9.17, 15) is 18.4 Å². The number of hydrogen-bond acceptors (Lipinski definition) is 6. The summed E-state index contributed by atoms with van der Waals surface area (Å²) >= 11 is 0. The van der Waals surface area contributed by atoms with Gasteiger partial charge in [0.1, 0.15) is 11.4 Å². The van der Waals surface area contributed by atoms with Crippen molar-refractivity contribution in [1.29, 1.82) is 0 Å². The third-order valence-corrected chi connectivity index (χ3v) is 2.97. The molecule has 1 aromatic heterocycles. The standard InChI is InChI=1S/C12H17F2N3O4/c1-7-16-21-11(19)17(7)6-9(14)8(13)4-5-12(2,15)10(18)20-3/h4-6,15H2,1-3H3/t12-/m1/s1. The van der Waals surface area contributed by atoms with Crippen LogP contribution in [-0.4, -0.2) is 28.3 Å². The molecule has 0 aliphatic rings. The highest BCUT2D eigenvalue weighted by Gasteiger charge is 2.29. The molecule has 9 heteroatoms. The number of esters is 1. The van der Waals surface area contributed by atoms with Crippen LogP contribution in [0, 0.1) is 6.92 Å². The van der Waals surface area contributed by atoms with Gasteiger partial charge in [0.05, 0.1) is 13.7 Å². The molecule has 0 amide bonds. The Morgan fingerprint density at radius 1 is 1.48 bits per heavy atom. The molecule has 0 saturated carbocycles. The van der Waals surface area contributed by atoms with Crippen LogP contribution in [0.1, 0.15) is 25.6 Å². The van der Waals surface area contributed by atoms with E-state index in [1.807, 2.05) is 0 Å². The first-order valence-corrected chi connectivity index (χ1v) is 6.12. The third-order valence-electron chi connectivity index (χ3n) is 2.97. The minimum atomic E-state index is -1.42. The number of hydrogen-bond donors (Lipinski definition) is 1. The van der Waals surface area contributed by atoms with Gasteiger partial charge in [0, 0.05) is 6.42 Å². The average molecular weight is 305 g/mol. The first-order valence-electron chi connectivity index (χ1n) is 6.12. The van der Waals surface area contributed by atoms with Crippen molar-refractivity contribution in [2.45, 2.75) is 38.8 Å². The van der Waals surface area contributed by atoms with Crippen molar-refractivity contribution < 1.29 is 22.8 Å². The number of methoxy groups -OCH3 is 1. The third kappa shape index (κ3) is 4.22. The summed E-state index contributed by atoms with van der Waals surface area (Å²) in [5.74, 6) is -3.72. The van der Waals surface area contributed by atoms with Gasteiger partial charge in [0.15, 0.2) is 11.7 Å². The van der Waals surface area contributed by atoms with E-state index in [1.165, 1.54) is 13.8 Å². The summed E-state index contributed by atoms with van der Waals surface area (Å²) in [5, 5.41) is 3.33. The molecule has 2 N–H and O–H groups in total. The van der Waals surface area contributed by atoms with Crippen LogP contribution in [0.2, 0.25) is 0 Å². The topological polar surface area (TPSA) is 100 Å².